The van der Waals surface area contributed by atoms with E-state index in [-0.39, 0.29) is 16.7 Å². The summed E-state index contributed by atoms with van der Waals surface area (Å²) >= 11 is 0. The molecule has 1 aliphatic rings. The average Bonchev–Trinajstić information content (AvgIpc) is 2.62. The molecule has 2 aromatic rings. The first kappa shape index (κ1) is 18.1. The lowest BCUT2D eigenvalue weighted by molar-refractivity contribution is -0.383. The van der Waals surface area contributed by atoms with E-state index < -0.39 is 0 Å². The van der Waals surface area contributed by atoms with Crippen LogP contribution in [0, 0.1) is 16.0 Å². The van der Waals surface area contributed by atoms with Crippen LogP contribution in [0.15, 0.2) is 36.7 Å². The SMILES string of the molecule is CC(C)Nc1ncnc(N2CCC(Cc3ccccc3)CC2)c1[N+](=O)[O-]. The molecule has 1 aromatic heterocycles. The maximum atomic E-state index is 11.6. The van der Waals surface area contributed by atoms with Gasteiger partial charge in [-0.15, -0.1) is 0 Å². The molecular weight excluding hydrogens is 330 g/mol. The molecule has 0 unspecified atom stereocenters. The van der Waals surface area contributed by atoms with Crippen molar-refractivity contribution in [2.24, 2.45) is 5.92 Å². The molecule has 2 heterocycles. The van der Waals surface area contributed by atoms with Gasteiger partial charge in [0, 0.05) is 19.1 Å². The van der Waals surface area contributed by atoms with Crippen LogP contribution >= 0.6 is 0 Å². The van der Waals surface area contributed by atoms with Gasteiger partial charge in [0.2, 0.25) is 11.6 Å². The van der Waals surface area contributed by atoms with Crippen molar-refractivity contribution in [3.05, 3.63) is 52.3 Å². The van der Waals surface area contributed by atoms with Gasteiger partial charge in [-0.05, 0) is 44.6 Å². The summed E-state index contributed by atoms with van der Waals surface area (Å²) in [5.41, 5.74) is 1.32. The second-order valence-electron chi connectivity index (χ2n) is 7.07. The molecule has 0 amide bonds. The van der Waals surface area contributed by atoms with Gasteiger partial charge in [-0.3, -0.25) is 10.1 Å². The summed E-state index contributed by atoms with van der Waals surface area (Å²) in [6.07, 6.45) is 4.47. The molecule has 1 aliphatic heterocycles. The zero-order chi connectivity index (χ0) is 18.5. The molecule has 0 bridgehead atoms. The fourth-order valence-electron chi connectivity index (χ4n) is 3.44. The van der Waals surface area contributed by atoms with E-state index in [1.807, 2.05) is 24.8 Å². The quantitative estimate of drug-likeness (QED) is 0.629. The summed E-state index contributed by atoms with van der Waals surface area (Å²) in [6, 6.07) is 10.5. The second-order valence-corrected chi connectivity index (χ2v) is 7.07. The van der Waals surface area contributed by atoms with E-state index in [4.69, 9.17) is 0 Å². The van der Waals surface area contributed by atoms with Crippen molar-refractivity contribution in [3.63, 3.8) is 0 Å². The van der Waals surface area contributed by atoms with Gasteiger partial charge in [-0.2, -0.15) is 0 Å². The number of aromatic nitrogens is 2. The molecule has 1 N–H and O–H groups in total. The van der Waals surface area contributed by atoms with Crippen LogP contribution < -0.4 is 10.2 Å². The smallest absolute Gasteiger partial charge is 0.353 e. The third-order valence-corrected chi connectivity index (χ3v) is 4.69. The molecule has 0 saturated carbocycles. The zero-order valence-electron chi connectivity index (χ0n) is 15.3. The predicted molar refractivity (Wildman–Crippen MR) is 103 cm³/mol. The molecular formula is C19H25N5O2. The molecule has 26 heavy (non-hydrogen) atoms. The number of anilines is 2. The van der Waals surface area contributed by atoms with Crippen LogP contribution in [0.2, 0.25) is 0 Å². The van der Waals surface area contributed by atoms with Crippen LogP contribution in [0.3, 0.4) is 0 Å². The third-order valence-electron chi connectivity index (χ3n) is 4.69. The number of nitrogens with zero attached hydrogens (tertiary/aromatic N) is 4. The highest BCUT2D eigenvalue weighted by Crippen LogP contribution is 2.34. The molecule has 0 atom stereocenters. The molecule has 3 rings (SSSR count). The van der Waals surface area contributed by atoms with E-state index in [9.17, 15) is 10.1 Å². The van der Waals surface area contributed by atoms with E-state index in [1.165, 1.54) is 11.9 Å². The van der Waals surface area contributed by atoms with E-state index in [1.54, 1.807) is 0 Å². The van der Waals surface area contributed by atoms with Gasteiger partial charge in [0.05, 0.1) is 4.92 Å². The summed E-state index contributed by atoms with van der Waals surface area (Å²) in [5.74, 6) is 1.32. The lowest BCUT2D eigenvalue weighted by Gasteiger charge is -2.32. The summed E-state index contributed by atoms with van der Waals surface area (Å²) < 4.78 is 0. The number of nitrogens with one attached hydrogen (secondary N) is 1. The largest absolute Gasteiger partial charge is 0.362 e. The normalized spacial score (nSPS) is 15.3. The molecule has 0 radical (unpaired) electrons. The predicted octanol–water partition coefficient (Wildman–Crippen LogP) is 3.66. The molecule has 7 nitrogen and oxygen atoms in total. The zero-order valence-corrected chi connectivity index (χ0v) is 15.3. The average molecular weight is 355 g/mol. The highest BCUT2D eigenvalue weighted by Gasteiger charge is 2.30. The number of rotatable bonds is 6. The van der Waals surface area contributed by atoms with Gasteiger partial charge >= 0.3 is 5.69 Å². The Morgan fingerprint density at radius 3 is 2.54 bits per heavy atom. The Labute approximate surface area is 153 Å². The Morgan fingerprint density at radius 1 is 1.23 bits per heavy atom. The molecule has 1 aromatic carbocycles. The van der Waals surface area contributed by atoms with Crippen LogP contribution in [0.1, 0.15) is 32.3 Å². The Hall–Kier alpha value is -2.70. The van der Waals surface area contributed by atoms with Crippen molar-refractivity contribution >= 4 is 17.3 Å². The van der Waals surface area contributed by atoms with Gasteiger partial charge in [0.25, 0.3) is 0 Å². The van der Waals surface area contributed by atoms with Crippen molar-refractivity contribution in [3.8, 4) is 0 Å². The number of hydrogen-bond donors (Lipinski definition) is 1. The summed E-state index contributed by atoms with van der Waals surface area (Å²) in [5, 5.41) is 14.7. The summed E-state index contributed by atoms with van der Waals surface area (Å²) in [4.78, 5) is 21.6. The summed E-state index contributed by atoms with van der Waals surface area (Å²) in [6.45, 7) is 5.41. The van der Waals surface area contributed by atoms with Crippen molar-refractivity contribution in [2.75, 3.05) is 23.3 Å². The standard InChI is InChI=1S/C19H25N5O2/c1-14(2)22-18-17(24(25)26)19(21-13-20-18)23-10-8-16(9-11-23)12-15-6-4-3-5-7-15/h3-7,13-14,16H,8-12H2,1-2H3,(H,20,21,22). The molecule has 7 heteroatoms. The van der Waals surface area contributed by atoms with Crippen molar-refractivity contribution in [2.45, 2.75) is 39.2 Å². The van der Waals surface area contributed by atoms with Crippen LogP contribution in [-0.4, -0.2) is 34.0 Å². The molecule has 0 spiro atoms. The lowest BCUT2D eigenvalue weighted by Crippen LogP contribution is -2.35. The first-order valence-corrected chi connectivity index (χ1v) is 9.09. The van der Waals surface area contributed by atoms with Gasteiger partial charge in [-0.25, -0.2) is 9.97 Å². The molecule has 138 valence electrons. The first-order valence-electron chi connectivity index (χ1n) is 9.09. The third kappa shape index (κ3) is 4.28. The van der Waals surface area contributed by atoms with Crippen molar-refractivity contribution in [1.29, 1.82) is 0 Å². The van der Waals surface area contributed by atoms with Gasteiger partial charge in [0.15, 0.2) is 0 Å². The number of piperidine rings is 1. The minimum atomic E-state index is -0.379. The highest BCUT2D eigenvalue weighted by atomic mass is 16.6. The van der Waals surface area contributed by atoms with E-state index in [2.05, 4.69) is 39.6 Å². The fourth-order valence-corrected chi connectivity index (χ4v) is 3.44. The van der Waals surface area contributed by atoms with Gasteiger partial charge in [0.1, 0.15) is 6.33 Å². The monoisotopic (exact) mass is 355 g/mol. The number of hydrogen-bond acceptors (Lipinski definition) is 6. The molecule has 0 aliphatic carbocycles. The van der Waals surface area contributed by atoms with Crippen LogP contribution in [0.25, 0.3) is 0 Å². The second kappa shape index (κ2) is 8.12. The van der Waals surface area contributed by atoms with Crippen LogP contribution in [0.5, 0.6) is 0 Å². The lowest BCUT2D eigenvalue weighted by atomic mass is 9.90. The maximum absolute atomic E-state index is 11.6. The van der Waals surface area contributed by atoms with Gasteiger partial charge < -0.3 is 10.2 Å². The number of benzene rings is 1. The fraction of sp³-hybridized carbons (Fsp3) is 0.474. The van der Waals surface area contributed by atoms with Crippen molar-refractivity contribution in [1.82, 2.24) is 9.97 Å². The van der Waals surface area contributed by atoms with Gasteiger partial charge in [-0.1, -0.05) is 30.3 Å². The summed E-state index contributed by atoms with van der Waals surface area (Å²) in [7, 11) is 0. The minimum absolute atomic E-state index is 0.0253. The van der Waals surface area contributed by atoms with E-state index >= 15 is 0 Å². The Balaban J connectivity index is 1.72. The van der Waals surface area contributed by atoms with Crippen molar-refractivity contribution < 1.29 is 4.92 Å². The highest BCUT2D eigenvalue weighted by molar-refractivity contribution is 5.70. The van der Waals surface area contributed by atoms with Crippen LogP contribution in [-0.2, 0) is 6.42 Å². The first-order chi connectivity index (χ1) is 12.5. The number of nitro groups is 1. The van der Waals surface area contributed by atoms with E-state index in [0.29, 0.717) is 17.6 Å². The Kier molecular flexibility index (Phi) is 5.65. The minimum Gasteiger partial charge on any atom is -0.362 e. The Bertz CT molecular complexity index is 743. The maximum Gasteiger partial charge on any atom is 0.353 e. The molecule has 1 fully saturated rings. The van der Waals surface area contributed by atoms with E-state index in [0.717, 1.165) is 32.4 Å². The molecule has 1 saturated heterocycles. The Morgan fingerprint density at radius 2 is 1.92 bits per heavy atom. The van der Waals surface area contributed by atoms with Crippen LogP contribution in [0.4, 0.5) is 17.3 Å². The topological polar surface area (TPSA) is 84.2 Å².